The second-order valence-electron chi connectivity index (χ2n) is 8.67. The summed E-state index contributed by atoms with van der Waals surface area (Å²) in [7, 11) is 0. The molecule has 1 heterocycles. The number of allylic oxidation sites excluding steroid dienone is 2. The minimum atomic E-state index is -1.25. The van der Waals surface area contributed by atoms with Crippen molar-refractivity contribution in [3.63, 3.8) is 0 Å². The Hall–Kier alpha value is -3.36. The van der Waals surface area contributed by atoms with Gasteiger partial charge in [-0.15, -0.1) is 10.1 Å². The van der Waals surface area contributed by atoms with E-state index in [1.165, 1.54) is 5.57 Å². The van der Waals surface area contributed by atoms with Crippen molar-refractivity contribution in [2.75, 3.05) is 6.61 Å². The quantitative estimate of drug-likeness (QED) is 0.121. The highest BCUT2D eigenvalue weighted by Gasteiger charge is 2.46. The second kappa shape index (κ2) is 9.42. The number of esters is 1. The van der Waals surface area contributed by atoms with Crippen LogP contribution in [0.15, 0.2) is 35.9 Å². The van der Waals surface area contributed by atoms with E-state index in [1.54, 1.807) is 6.07 Å². The van der Waals surface area contributed by atoms with Crippen LogP contribution in [-0.4, -0.2) is 34.3 Å². The second-order valence-corrected chi connectivity index (χ2v) is 8.67. The highest BCUT2D eigenvalue weighted by atomic mass is 16.9. The van der Waals surface area contributed by atoms with Gasteiger partial charge < -0.3 is 19.4 Å². The lowest BCUT2D eigenvalue weighted by Gasteiger charge is -2.47. The van der Waals surface area contributed by atoms with Gasteiger partial charge in [-0.05, 0) is 64.2 Å². The van der Waals surface area contributed by atoms with Gasteiger partial charge in [0.15, 0.2) is 0 Å². The number of carbonyl (C=O) groups excluding carboxylic acids is 1. The molecule has 3 rings (SSSR count). The fourth-order valence-electron chi connectivity index (χ4n) is 4.53. The number of aryl methyl sites for hydroxylation is 1. The van der Waals surface area contributed by atoms with Gasteiger partial charge in [0.05, 0.1) is 6.61 Å². The van der Waals surface area contributed by atoms with Gasteiger partial charge in [0.1, 0.15) is 17.1 Å². The molecule has 1 N–H and O–H groups in total. The van der Waals surface area contributed by atoms with Crippen molar-refractivity contribution in [3.05, 3.63) is 57.2 Å². The van der Waals surface area contributed by atoms with Crippen molar-refractivity contribution >= 4 is 11.9 Å². The summed E-state index contributed by atoms with van der Waals surface area (Å²) >= 11 is 0. The van der Waals surface area contributed by atoms with E-state index in [2.05, 4.69) is 17.8 Å². The molecule has 1 aromatic carbocycles. The molecule has 0 unspecified atom stereocenters. The lowest BCUT2D eigenvalue weighted by Crippen LogP contribution is -2.45. The van der Waals surface area contributed by atoms with E-state index in [0.717, 1.165) is 36.1 Å². The fraction of sp³-hybridized carbons (Fsp3) is 0.478. The van der Waals surface area contributed by atoms with Gasteiger partial charge in [0.25, 0.3) is 5.09 Å². The van der Waals surface area contributed by atoms with E-state index in [4.69, 9.17) is 14.6 Å². The molecule has 1 aliphatic carbocycles. The first-order valence-corrected chi connectivity index (χ1v) is 10.5. The third kappa shape index (κ3) is 5.46. The highest BCUT2D eigenvalue weighted by molar-refractivity contribution is 5.92. The van der Waals surface area contributed by atoms with E-state index >= 15 is 0 Å². The highest BCUT2D eigenvalue weighted by Crippen LogP contribution is 2.54. The van der Waals surface area contributed by atoms with E-state index in [1.807, 2.05) is 19.9 Å². The molecule has 0 spiro atoms. The number of fused-ring (bicyclic) bond motifs is 3. The molecular formula is C23H27NO8. The molecule has 9 heteroatoms. The van der Waals surface area contributed by atoms with Crippen LogP contribution in [0.4, 0.5) is 0 Å². The zero-order valence-electron chi connectivity index (χ0n) is 18.3. The average molecular weight is 445 g/mol. The monoisotopic (exact) mass is 445 g/mol. The Balaban J connectivity index is 1.98. The summed E-state index contributed by atoms with van der Waals surface area (Å²) in [5.41, 5.74) is 2.38. The van der Waals surface area contributed by atoms with E-state index in [0.29, 0.717) is 24.3 Å². The predicted octanol–water partition coefficient (Wildman–Crippen LogP) is 3.98. The summed E-state index contributed by atoms with van der Waals surface area (Å²) in [6.45, 7) is 6.10. The van der Waals surface area contributed by atoms with Crippen LogP contribution in [0, 0.1) is 16.0 Å². The van der Waals surface area contributed by atoms with Crippen LogP contribution in [0.2, 0.25) is 0 Å². The first-order valence-electron chi connectivity index (χ1n) is 10.5. The van der Waals surface area contributed by atoms with Gasteiger partial charge >= 0.3 is 11.9 Å². The SMILES string of the molecule is CC1=CC[C@@H]2[C@@H](C1)c1c(OC(=O)/C=C\C(=O)O)cc(CCCO[N+](=O)[O-])cc1OC2(C)C. The maximum Gasteiger partial charge on any atom is 0.336 e. The van der Waals surface area contributed by atoms with E-state index in [9.17, 15) is 19.7 Å². The summed E-state index contributed by atoms with van der Waals surface area (Å²) in [5, 5.41) is 18.3. The van der Waals surface area contributed by atoms with Gasteiger partial charge in [-0.1, -0.05) is 11.6 Å². The van der Waals surface area contributed by atoms with Crippen LogP contribution in [-0.2, 0) is 20.8 Å². The largest absolute Gasteiger partial charge is 0.487 e. The van der Waals surface area contributed by atoms with Crippen molar-refractivity contribution in [3.8, 4) is 11.5 Å². The first kappa shape index (κ1) is 23.3. The Kier molecular flexibility index (Phi) is 6.86. The van der Waals surface area contributed by atoms with E-state index < -0.39 is 22.6 Å². The molecule has 0 saturated carbocycles. The number of ether oxygens (including phenoxy) is 2. The first-order chi connectivity index (χ1) is 15.1. The summed E-state index contributed by atoms with van der Waals surface area (Å²) in [4.78, 5) is 37.8. The average Bonchev–Trinajstić information content (AvgIpc) is 2.68. The fourth-order valence-corrected chi connectivity index (χ4v) is 4.53. The van der Waals surface area contributed by atoms with Gasteiger partial charge in [-0.3, -0.25) is 0 Å². The number of rotatable bonds is 8. The molecule has 2 atom stereocenters. The Labute approximate surface area is 185 Å². The lowest BCUT2D eigenvalue weighted by atomic mass is 9.67. The van der Waals surface area contributed by atoms with Crippen LogP contribution in [0.5, 0.6) is 11.5 Å². The van der Waals surface area contributed by atoms with Gasteiger partial charge in [-0.25, -0.2) is 9.59 Å². The number of nitrogens with zero attached hydrogens (tertiary/aromatic N) is 1. The minimum absolute atomic E-state index is 0.0540. The third-order valence-electron chi connectivity index (χ3n) is 5.93. The molecule has 0 aromatic heterocycles. The predicted molar refractivity (Wildman–Crippen MR) is 114 cm³/mol. The molecule has 0 amide bonds. The zero-order valence-corrected chi connectivity index (χ0v) is 18.3. The van der Waals surface area contributed by atoms with Crippen LogP contribution >= 0.6 is 0 Å². The smallest absolute Gasteiger partial charge is 0.336 e. The van der Waals surface area contributed by atoms with Crippen molar-refractivity contribution in [1.29, 1.82) is 0 Å². The maximum absolute atomic E-state index is 12.3. The number of carbonyl (C=O) groups is 2. The van der Waals surface area contributed by atoms with Crippen LogP contribution < -0.4 is 9.47 Å². The van der Waals surface area contributed by atoms with Crippen LogP contribution in [0.1, 0.15) is 57.1 Å². The molecule has 0 fully saturated rings. The third-order valence-corrected chi connectivity index (χ3v) is 5.93. The Morgan fingerprint density at radius 2 is 2.09 bits per heavy atom. The molecule has 2 aliphatic rings. The lowest BCUT2D eigenvalue weighted by molar-refractivity contribution is -0.757. The Morgan fingerprint density at radius 1 is 1.34 bits per heavy atom. The molecule has 1 aromatic rings. The molecule has 0 bridgehead atoms. The van der Waals surface area contributed by atoms with Gasteiger partial charge in [-0.2, -0.15) is 0 Å². The molecule has 1 aliphatic heterocycles. The van der Waals surface area contributed by atoms with Crippen molar-refractivity contribution in [2.45, 2.75) is 58.0 Å². The molecule has 32 heavy (non-hydrogen) atoms. The molecular weight excluding hydrogens is 418 g/mol. The zero-order chi connectivity index (χ0) is 23.5. The topological polar surface area (TPSA) is 125 Å². The van der Waals surface area contributed by atoms with Crippen molar-refractivity contribution in [1.82, 2.24) is 0 Å². The molecule has 0 radical (unpaired) electrons. The maximum atomic E-state index is 12.3. The number of carboxylic acid groups (broad SMARTS) is 1. The van der Waals surface area contributed by atoms with Crippen molar-refractivity contribution < 1.29 is 34.1 Å². The number of hydrogen-bond acceptors (Lipinski definition) is 7. The van der Waals surface area contributed by atoms with Crippen LogP contribution in [0.3, 0.4) is 0 Å². The Bertz CT molecular complexity index is 978. The van der Waals surface area contributed by atoms with Crippen LogP contribution in [0.25, 0.3) is 0 Å². The Morgan fingerprint density at radius 3 is 2.78 bits per heavy atom. The summed E-state index contributed by atoms with van der Waals surface area (Å²) < 4.78 is 11.9. The summed E-state index contributed by atoms with van der Waals surface area (Å²) in [5.74, 6) is -0.840. The summed E-state index contributed by atoms with van der Waals surface area (Å²) in [6.07, 6.45) is 6.29. The van der Waals surface area contributed by atoms with E-state index in [-0.39, 0.29) is 18.4 Å². The molecule has 172 valence electrons. The van der Waals surface area contributed by atoms with Gasteiger partial charge in [0, 0.05) is 29.6 Å². The number of hydrogen-bond donors (Lipinski definition) is 1. The summed E-state index contributed by atoms with van der Waals surface area (Å²) in [6, 6.07) is 3.61. The standard InChI is InChI=1S/C23H27NO8/c1-14-6-7-17-16(11-14)22-18(31-21(27)9-8-20(25)26)12-15(5-4-10-30-24(28)29)13-19(22)32-23(17,2)3/h6,8-9,12-13,16-17H,4-5,7,10-11H2,1-3H3,(H,25,26)/b9-8-/t16-,17-/m1/s1. The van der Waals surface area contributed by atoms with Crippen molar-refractivity contribution in [2.24, 2.45) is 5.92 Å². The molecule has 9 nitrogen and oxygen atoms in total. The minimum Gasteiger partial charge on any atom is -0.487 e. The molecule has 0 saturated heterocycles. The normalized spacial score (nSPS) is 21.0. The number of benzene rings is 1. The number of carboxylic acids is 1. The van der Waals surface area contributed by atoms with Gasteiger partial charge in [0.2, 0.25) is 0 Å². The number of aliphatic carboxylic acids is 1.